The molecule has 1 aromatic carbocycles. The number of nitrogens with zero attached hydrogens (tertiary/aromatic N) is 3. The summed E-state index contributed by atoms with van der Waals surface area (Å²) in [4.78, 5) is 26.4. The van der Waals surface area contributed by atoms with Crippen LogP contribution in [0.4, 0.5) is 5.69 Å². The summed E-state index contributed by atoms with van der Waals surface area (Å²) >= 11 is 0. The van der Waals surface area contributed by atoms with Crippen LogP contribution in [-0.4, -0.2) is 39.6 Å². The lowest BCUT2D eigenvalue weighted by Gasteiger charge is -2.32. The molecule has 1 aliphatic rings. The van der Waals surface area contributed by atoms with Gasteiger partial charge in [-0.15, -0.1) is 0 Å². The Morgan fingerprint density at radius 1 is 1.22 bits per heavy atom. The Balaban J connectivity index is 1.48. The van der Waals surface area contributed by atoms with Crippen LogP contribution in [-0.2, 0) is 16.1 Å². The Morgan fingerprint density at radius 3 is 2.67 bits per heavy atom. The molecule has 0 saturated carbocycles. The van der Waals surface area contributed by atoms with Gasteiger partial charge in [0.25, 0.3) is 0 Å². The van der Waals surface area contributed by atoms with Crippen molar-refractivity contribution in [1.29, 1.82) is 0 Å². The minimum absolute atomic E-state index is 0.0406. The molecular formula is C21H28N4O2. The van der Waals surface area contributed by atoms with E-state index in [-0.39, 0.29) is 17.7 Å². The van der Waals surface area contributed by atoms with Gasteiger partial charge in [-0.3, -0.25) is 14.3 Å². The molecule has 0 radical (unpaired) electrons. The van der Waals surface area contributed by atoms with E-state index in [4.69, 9.17) is 0 Å². The van der Waals surface area contributed by atoms with Crippen molar-refractivity contribution in [1.82, 2.24) is 14.7 Å². The van der Waals surface area contributed by atoms with Gasteiger partial charge in [-0.05, 0) is 42.5 Å². The van der Waals surface area contributed by atoms with E-state index in [1.165, 1.54) is 0 Å². The number of rotatable bonds is 6. The molecule has 27 heavy (non-hydrogen) atoms. The van der Waals surface area contributed by atoms with Gasteiger partial charge in [0.2, 0.25) is 11.8 Å². The Bertz CT molecular complexity index is 762. The Hall–Kier alpha value is -2.63. The molecule has 1 N–H and O–H groups in total. The van der Waals surface area contributed by atoms with E-state index >= 15 is 0 Å². The third-order valence-corrected chi connectivity index (χ3v) is 5.01. The first-order chi connectivity index (χ1) is 13.0. The van der Waals surface area contributed by atoms with E-state index in [0.29, 0.717) is 18.9 Å². The van der Waals surface area contributed by atoms with Crippen LogP contribution in [0.3, 0.4) is 0 Å². The summed E-state index contributed by atoms with van der Waals surface area (Å²) in [6, 6.07) is 9.77. The smallest absolute Gasteiger partial charge is 0.225 e. The van der Waals surface area contributed by atoms with E-state index in [0.717, 1.165) is 37.2 Å². The molecular weight excluding hydrogens is 340 g/mol. The molecule has 1 aliphatic heterocycles. The van der Waals surface area contributed by atoms with Gasteiger partial charge in [0.05, 0.1) is 6.54 Å². The number of likely N-dealkylation sites (tertiary alicyclic amines) is 1. The second-order valence-corrected chi connectivity index (χ2v) is 7.58. The molecule has 2 amide bonds. The van der Waals surface area contributed by atoms with E-state index < -0.39 is 0 Å². The van der Waals surface area contributed by atoms with Crippen molar-refractivity contribution < 1.29 is 9.59 Å². The first kappa shape index (κ1) is 19.1. The first-order valence-electron chi connectivity index (χ1n) is 9.66. The number of aromatic nitrogens is 2. The average Bonchev–Trinajstić information content (AvgIpc) is 3.15. The average molecular weight is 368 g/mol. The lowest BCUT2D eigenvalue weighted by Crippen LogP contribution is -2.41. The molecule has 1 fully saturated rings. The molecule has 0 bridgehead atoms. The van der Waals surface area contributed by atoms with E-state index in [2.05, 4.69) is 10.4 Å². The zero-order valence-electron chi connectivity index (χ0n) is 16.1. The van der Waals surface area contributed by atoms with Crippen LogP contribution < -0.4 is 5.32 Å². The van der Waals surface area contributed by atoms with Crippen molar-refractivity contribution in [2.24, 2.45) is 11.8 Å². The van der Waals surface area contributed by atoms with Crippen molar-refractivity contribution in [3.8, 4) is 0 Å². The monoisotopic (exact) mass is 368 g/mol. The van der Waals surface area contributed by atoms with Crippen LogP contribution in [0.1, 0.15) is 38.7 Å². The lowest BCUT2D eigenvalue weighted by molar-refractivity contribution is -0.135. The third-order valence-electron chi connectivity index (χ3n) is 5.01. The second-order valence-electron chi connectivity index (χ2n) is 7.58. The summed E-state index contributed by atoms with van der Waals surface area (Å²) < 4.78 is 1.85. The molecule has 0 aliphatic carbocycles. The Labute approximate surface area is 160 Å². The molecule has 144 valence electrons. The molecule has 3 rings (SSSR count). The van der Waals surface area contributed by atoms with Gasteiger partial charge in [-0.1, -0.05) is 26.0 Å². The maximum absolute atomic E-state index is 12.4. The molecule has 6 nitrogen and oxygen atoms in total. The van der Waals surface area contributed by atoms with E-state index in [1.54, 1.807) is 6.20 Å². The molecule has 0 spiro atoms. The van der Waals surface area contributed by atoms with Gasteiger partial charge in [-0.25, -0.2) is 0 Å². The highest BCUT2D eigenvalue weighted by Gasteiger charge is 2.25. The maximum Gasteiger partial charge on any atom is 0.225 e. The molecule has 2 aromatic rings. The summed E-state index contributed by atoms with van der Waals surface area (Å²) in [6.45, 7) is 6.06. The van der Waals surface area contributed by atoms with Crippen molar-refractivity contribution in [2.75, 3.05) is 18.4 Å². The number of nitrogens with one attached hydrogen (secondary N) is 1. The first-order valence-corrected chi connectivity index (χ1v) is 9.66. The lowest BCUT2D eigenvalue weighted by atomic mass is 9.92. The number of carbonyl (C=O) groups excluding carboxylic acids is 2. The fraction of sp³-hybridized carbons (Fsp3) is 0.476. The van der Waals surface area contributed by atoms with Crippen LogP contribution in [0.5, 0.6) is 0 Å². The number of benzene rings is 1. The van der Waals surface area contributed by atoms with Gasteiger partial charge in [0, 0.05) is 43.5 Å². The quantitative estimate of drug-likeness (QED) is 0.852. The molecule has 0 atom stereocenters. The number of piperidine rings is 1. The number of carbonyl (C=O) groups is 2. The van der Waals surface area contributed by atoms with Gasteiger partial charge < -0.3 is 10.2 Å². The van der Waals surface area contributed by atoms with Crippen LogP contribution in [0.2, 0.25) is 0 Å². The van der Waals surface area contributed by atoms with Gasteiger partial charge in [0.15, 0.2) is 0 Å². The zero-order chi connectivity index (χ0) is 19.2. The molecule has 2 heterocycles. The van der Waals surface area contributed by atoms with Gasteiger partial charge in [0.1, 0.15) is 0 Å². The van der Waals surface area contributed by atoms with Crippen molar-refractivity contribution in [3.63, 3.8) is 0 Å². The number of hydrogen-bond donors (Lipinski definition) is 1. The van der Waals surface area contributed by atoms with Crippen LogP contribution >= 0.6 is 0 Å². The van der Waals surface area contributed by atoms with Crippen LogP contribution in [0, 0.1) is 11.8 Å². The molecule has 1 aromatic heterocycles. The number of anilines is 1. The highest BCUT2D eigenvalue weighted by atomic mass is 16.2. The molecule has 1 saturated heterocycles. The number of hydrogen-bond acceptors (Lipinski definition) is 3. The maximum atomic E-state index is 12.4. The summed E-state index contributed by atoms with van der Waals surface area (Å²) in [5.41, 5.74) is 1.91. The largest absolute Gasteiger partial charge is 0.342 e. The SMILES string of the molecule is CC(C)C(=O)N1CCC(CC(=O)Nc2cccc(Cn3cccn3)c2)CC1. The normalized spacial score (nSPS) is 15.1. The summed E-state index contributed by atoms with van der Waals surface area (Å²) in [5, 5.41) is 7.22. The number of amides is 2. The topological polar surface area (TPSA) is 67.2 Å². The van der Waals surface area contributed by atoms with Crippen molar-refractivity contribution >= 4 is 17.5 Å². The zero-order valence-corrected chi connectivity index (χ0v) is 16.1. The van der Waals surface area contributed by atoms with Crippen LogP contribution in [0.15, 0.2) is 42.7 Å². The minimum atomic E-state index is 0.0406. The summed E-state index contributed by atoms with van der Waals surface area (Å²) in [5.74, 6) is 0.638. The predicted molar refractivity (Wildman–Crippen MR) is 105 cm³/mol. The van der Waals surface area contributed by atoms with E-state index in [9.17, 15) is 9.59 Å². The van der Waals surface area contributed by atoms with Crippen molar-refractivity contribution in [2.45, 2.75) is 39.7 Å². The third kappa shape index (κ3) is 5.42. The highest BCUT2D eigenvalue weighted by molar-refractivity contribution is 5.91. The molecule has 0 unspecified atom stereocenters. The second kappa shape index (κ2) is 8.84. The van der Waals surface area contributed by atoms with Crippen LogP contribution in [0.25, 0.3) is 0 Å². The fourth-order valence-electron chi connectivity index (χ4n) is 3.53. The van der Waals surface area contributed by atoms with Crippen molar-refractivity contribution in [3.05, 3.63) is 48.3 Å². The van der Waals surface area contributed by atoms with Gasteiger partial charge in [-0.2, -0.15) is 5.10 Å². The van der Waals surface area contributed by atoms with E-state index in [1.807, 2.05) is 60.0 Å². The minimum Gasteiger partial charge on any atom is -0.342 e. The summed E-state index contributed by atoms with van der Waals surface area (Å²) in [7, 11) is 0. The van der Waals surface area contributed by atoms with Gasteiger partial charge >= 0.3 is 0 Å². The molecule has 6 heteroatoms. The Morgan fingerprint density at radius 2 is 2.00 bits per heavy atom. The highest BCUT2D eigenvalue weighted by Crippen LogP contribution is 2.22. The predicted octanol–water partition coefficient (Wildman–Crippen LogP) is 3.15. The fourth-order valence-corrected chi connectivity index (χ4v) is 3.53. The standard InChI is InChI=1S/C21H28N4O2/c1-16(2)21(27)24-11-7-17(8-12-24)14-20(26)23-19-6-3-5-18(13-19)15-25-10-4-9-22-25/h3-6,9-10,13,16-17H,7-8,11-12,14-15H2,1-2H3,(H,23,26). The Kier molecular flexibility index (Phi) is 6.27. The summed E-state index contributed by atoms with van der Waals surface area (Å²) in [6.07, 6.45) is 5.97.